The van der Waals surface area contributed by atoms with Crippen LogP contribution >= 0.6 is 11.3 Å². The first-order valence-corrected chi connectivity index (χ1v) is 8.39. The second-order valence-corrected chi connectivity index (χ2v) is 6.97. The molecular weight excluding hydrogens is 308 g/mol. The van der Waals surface area contributed by atoms with E-state index in [0.717, 1.165) is 11.3 Å². The Morgan fingerprint density at radius 1 is 1.32 bits per heavy atom. The van der Waals surface area contributed by atoms with Gasteiger partial charge in [-0.05, 0) is 32.4 Å². The molecule has 1 saturated heterocycles. The quantitative estimate of drug-likeness (QED) is 0.920. The Kier molecular flexibility index (Phi) is 6.14. The molecule has 2 amide bonds. The molecule has 1 fully saturated rings. The molecule has 0 aliphatic carbocycles. The van der Waals surface area contributed by atoms with Gasteiger partial charge in [-0.1, -0.05) is 0 Å². The number of hydrogen-bond donors (Lipinski definition) is 1. The fourth-order valence-electron chi connectivity index (χ4n) is 2.59. The van der Waals surface area contributed by atoms with E-state index in [4.69, 9.17) is 0 Å². The topological polar surface area (TPSA) is 35.6 Å². The summed E-state index contributed by atoms with van der Waals surface area (Å²) in [7, 11) is 0. The first-order valence-electron chi connectivity index (χ1n) is 7.58. The number of nitrogens with zero attached hydrogens (tertiary/aromatic N) is 2. The Labute approximate surface area is 134 Å². The molecule has 1 unspecified atom stereocenters. The first kappa shape index (κ1) is 17.1. The maximum atomic E-state index is 12.4. The SMILES string of the molecule is Cc1ccc(C(C)NC(=O)N2CCCN(CC(F)F)CC2)s1. The summed E-state index contributed by atoms with van der Waals surface area (Å²) in [5.41, 5.74) is 0. The molecule has 1 atom stereocenters. The number of amides is 2. The largest absolute Gasteiger partial charge is 0.331 e. The maximum absolute atomic E-state index is 12.4. The first-order chi connectivity index (χ1) is 10.5. The van der Waals surface area contributed by atoms with Crippen LogP contribution in [0.25, 0.3) is 0 Å². The molecule has 1 N–H and O–H groups in total. The monoisotopic (exact) mass is 331 g/mol. The number of aryl methyl sites for hydroxylation is 1. The fraction of sp³-hybridized carbons (Fsp3) is 0.667. The minimum atomic E-state index is -2.32. The summed E-state index contributed by atoms with van der Waals surface area (Å²) in [6.45, 7) is 6.02. The number of thiophene rings is 1. The van der Waals surface area contributed by atoms with Gasteiger partial charge >= 0.3 is 6.03 Å². The summed E-state index contributed by atoms with van der Waals surface area (Å²) in [5.74, 6) is 0. The number of carbonyl (C=O) groups is 1. The zero-order valence-corrected chi connectivity index (χ0v) is 13.8. The number of halogens is 2. The molecule has 1 aromatic heterocycles. The summed E-state index contributed by atoms with van der Waals surface area (Å²) in [6, 6.07) is 3.92. The van der Waals surface area contributed by atoms with E-state index in [9.17, 15) is 13.6 Å². The fourth-order valence-corrected chi connectivity index (χ4v) is 3.47. The van der Waals surface area contributed by atoms with Gasteiger partial charge in [0, 0.05) is 35.9 Å². The predicted molar refractivity (Wildman–Crippen MR) is 84.6 cm³/mol. The lowest BCUT2D eigenvalue weighted by Crippen LogP contribution is -2.43. The zero-order valence-electron chi connectivity index (χ0n) is 13.0. The molecule has 2 rings (SSSR count). The molecule has 124 valence electrons. The van der Waals surface area contributed by atoms with Gasteiger partial charge in [0.15, 0.2) is 0 Å². The van der Waals surface area contributed by atoms with Gasteiger partial charge in [0.1, 0.15) is 0 Å². The number of hydrogen-bond acceptors (Lipinski definition) is 3. The van der Waals surface area contributed by atoms with Crippen molar-refractivity contribution >= 4 is 17.4 Å². The van der Waals surface area contributed by atoms with Crippen LogP contribution in [0.15, 0.2) is 12.1 Å². The average Bonchev–Trinajstić information content (AvgIpc) is 2.74. The Hall–Kier alpha value is -1.21. The van der Waals surface area contributed by atoms with Crippen molar-refractivity contribution in [3.63, 3.8) is 0 Å². The zero-order chi connectivity index (χ0) is 16.1. The van der Waals surface area contributed by atoms with Gasteiger partial charge in [0.2, 0.25) is 0 Å². The van der Waals surface area contributed by atoms with Crippen molar-refractivity contribution in [3.05, 3.63) is 21.9 Å². The summed E-state index contributed by atoms with van der Waals surface area (Å²) >= 11 is 1.67. The van der Waals surface area contributed by atoms with Crippen LogP contribution in [0.1, 0.15) is 29.1 Å². The minimum absolute atomic E-state index is 0.0355. The van der Waals surface area contributed by atoms with E-state index in [1.54, 1.807) is 21.1 Å². The van der Waals surface area contributed by atoms with E-state index in [1.165, 1.54) is 4.88 Å². The number of carbonyl (C=O) groups excluding carboxylic acids is 1. The second kappa shape index (κ2) is 7.87. The molecule has 1 aromatic rings. The normalized spacial score (nSPS) is 18.3. The van der Waals surface area contributed by atoms with Crippen molar-refractivity contribution in [3.8, 4) is 0 Å². The van der Waals surface area contributed by atoms with Gasteiger partial charge in [-0.3, -0.25) is 4.90 Å². The van der Waals surface area contributed by atoms with E-state index in [-0.39, 0.29) is 18.6 Å². The lowest BCUT2D eigenvalue weighted by Gasteiger charge is -2.24. The molecule has 2 heterocycles. The van der Waals surface area contributed by atoms with Crippen molar-refractivity contribution < 1.29 is 13.6 Å². The summed E-state index contributed by atoms with van der Waals surface area (Å²) in [6.07, 6.45) is -1.59. The number of alkyl halides is 2. The Bertz CT molecular complexity index is 495. The minimum Gasteiger partial charge on any atom is -0.331 e. The third-order valence-corrected chi connectivity index (χ3v) is 4.98. The van der Waals surface area contributed by atoms with Crippen molar-refractivity contribution in [2.24, 2.45) is 0 Å². The molecule has 0 spiro atoms. The van der Waals surface area contributed by atoms with Crippen LogP contribution in [0, 0.1) is 6.92 Å². The van der Waals surface area contributed by atoms with Gasteiger partial charge in [0.25, 0.3) is 6.43 Å². The van der Waals surface area contributed by atoms with Crippen molar-refractivity contribution in [2.45, 2.75) is 32.7 Å². The number of nitrogens with one attached hydrogen (secondary N) is 1. The van der Waals surface area contributed by atoms with Crippen LogP contribution in [0.2, 0.25) is 0 Å². The summed E-state index contributed by atoms with van der Waals surface area (Å²) < 4.78 is 24.9. The molecular formula is C15H23F2N3OS. The van der Waals surface area contributed by atoms with Crippen LogP contribution in [0.3, 0.4) is 0 Å². The Morgan fingerprint density at radius 2 is 2.09 bits per heavy atom. The highest BCUT2D eigenvalue weighted by Crippen LogP contribution is 2.22. The predicted octanol–water partition coefficient (Wildman–Crippen LogP) is 3.10. The smallest absolute Gasteiger partial charge is 0.317 e. The third kappa shape index (κ3) is 4.91. The molecule has 1 aliphatic heterocycles. The van der Waals surface area contributed by atoms with Crippen LogP contribution in [-0.2, 0) is 0 Å². The third-order valence-electron chi connectivity index (χ3n) is 3.80. The van der Waals surface area contributed by atoms with Crippen LogP contribution < -0.4 is 5.32 Å². The van der Waals surface area contributed by atoms with Gasteiger partial charge in [-0.2, -0.15) is 0 Å². The van der Waals surface area contributed by atoms with Gasteiger partial charge in [0.05, 0.1) is 12.6 Å². The van der Waals surface area contributed by atoms with Crippen LogP contribution in [-0.4, -0.2) is 55.0 Å². The summed E-state index contributed by atoms with van der Waals surface area (Å²) in [4.78, 5) is 18.1. The van der Waals surface area contributed by atoms with E-state index in [2.05, 4.69) is 5.32 Å². The van der Waals surface area contributed by atoms with E-state index in [1.807, 2.05) is 26.0 Å². The Morgan fingerprint density at radius 3 is 2.73 bits per heavy atom. The lowest BCUT2D eigenvalue weighted by molar-refractivity contribution is 0.0903. The highest BCUT2D eigenvalue weighted by Gasteiger charge is 2.22. The van der Waals surface area contributed by atoms with E-state index in [0.29, 0.717) is 26.2 Å². The molecule has 0 saturated carbocycles. The molecule has 7 heteroatoms. The Balaban J connectivity index is 1.84. The van der Waals surface area contributed by atoms with Crippen molar-refractivity contribution in [1.29, 1.82) is 0 Å². The van der Waals surface area contributed by atoms with Gasteiger partial charge in [-0.25, -0.2) is 13.6 Å². The average molecular weight is 331 g/mol. The second-order valence-electron chi connectivity index (χ2n) is 5.65. The highest BCUT2D eigenvalue weighted by atomic mass is 32.1. The number of urea groups is 1. The van der Waals surface area contributed by atoms with Crippen LogP contribution in [0.4, 0.5) is 13.6 Å². The number of rotatable bonds is 4. The van der Waals surface area contributed by atoms with Gasteiger partial charge in [-0.15, -0.1) is 11.3 Å². The van der Waals surface area contributed by atoms with Crippen molar-refractivity contribution in [2.75, 3.05) is 32.7 Å². The van der Waals surface area contributed by atoms with Crippen molar-refractivity contribution in [1.82, 2.24) is 15.1 Å². The lowest BCUT2D eigenvalue weighted by atomic mass is 10.3. The molecule has 0 aromatic carbocycles. The molecule has 22 heavy (non-hydrogen) atoms. The van der Waals surface area contributed by atoms with Crippen LogP contribution in [0.5, 0.6) is 0 Å². The highest BCUT2D eigenvalue weighted by molar-refractivity contribution is 7.12. The van der Waals surface area contributed by atoms with E-state index >= 15 is 0 Å². The molecule has 0 radical (unpaired) electrons. The molecule has 4 nitrogen and oxygen atoms in total. The molecule has 0 bridgehead atoms. The molecule has 1 aliphatic rings. The standard InChI is InChI=1S/C15H23F2N3OS/c1-11-4-5-13(22-11)12(2)18-15(21)20-7-3-6-19(8-9-20)10-14(16)17/h4-5,12,14H,3,6-10H2,1-2H3,(H,18,21). The van der Waals surface area contributed by atoms with Gasteiger partial charge < -0.3 is 10.2 Å². The maximum Gasteiger partial charge on any atom is 0.317 e. The van der Waals surface area contributed by atoms with E-state index < -0.39 is 6.43 Å². The summed E-state index contributed by atoms with van der Waals surface area (Å²) in [5, 5.41) is 2.99.